The molecule has 0 aliphatic heterocycles. The van der Waals surface area contributed by atoms with E-state index in [0.29, 0.717) is 64.0 Å². The minimum absolute atomic E-state index is 0.0101. The van der Waals surface area contributed by atoms with Crippen molar-refractivity contribution in [1.29, 1.82) is 0 Å². The Kier molecular flexibility index (Phi) is 10.0. The summed E-state index contributed by atoms with van der Waals surface area (Å²) in [5.41, 5.74) is 2.43. The van der Waals surface area contributed by atoms with E-state index in [9.17, 15) is 19.1 Å². The third-order valence-electron chi connectivity index (χ3n) is 5.78. The van der Waals surface area contributed by atoms with Gasteiger partial charge in [0.1, 0.15) is 17.1 Å². The van der Waals surface area contributed by atoms with E-state index < -0.39 is 0 Å². The standard InChI is InChI=1S/C27H37FN4O3S/c1-27(2,3)18-32(23(34)11-14-29-12-9-19-5-4-6-21(28)17-19)16-15-30-13-10-20-7-8-22(33)24-25(20)36-26(35)31-24/h4-8,17,29-30,33H,9-16,18H2,1-3H3,(H,31,35). The Bertz CT molecular complexity index is 1200. The molecule has 0 bridgehead atoms. The molecule has 9 heteroatoms. The molecule has 1 amide bonds. The van der Waals surface area contributed by atoms with Gasteiger partial charge in [-0.1, -0.05) is 50.3 Å². The van der Waals surface area contributed by atoms with Crippen LogP contribution in [0, 0.1) is 11.2 Å². The molecule has 0 saturated heterocycles. The van der Waals surface area contributed by atoms with Crippen molar-refractivity contribution in [2.75, 3.05) is 39.3 Å². The first-order valence-electron chi connectivity index (χ1n) is 12.4. The average molecular weight is 517 g/mol. The number of aromatic nitrogens is 1. The van der Waals surface area contributed by atoms with E-state index in [1.165, 1.54) is 12.1 Å². The monoisotopic (exact) mass is 516 g/mol. The van der Waals surface area contributed by atoms with Gasteiger partial charge in [-0.2, -0.15) is 0 Å². The van der Waals surface area contributed by atoms with Gasteiger partial charge in [-0.05, 0) is 60.7 Å². The van der Waals surface area contributed by atoms with Crippen LogP contribution in [0.4, 0.5) is 4.39 Å². The predicted octanol–water partition coefficient (Wildman–Crippen LogP) is 3.66. The van der Waals surface area contributed by atoms with Gasteiger partial charge in [0.25, 0.3) is 0 Å². The van der Waals surface area contributed by atoms with Gasteiger partial charge >= 0.3 is 4.87 Å². The number of thiazole rings is 1. The zero-order chi connectivity index (χ0) is 26.1. The molecule has 0 unspecified atom stereocenters. The topological polar surface area (TPSA) is 97.5 Å². The maximum absolute atomic E-state index is 13.3. The molecule has 3 rings (SSSR count). The number of carbonyl (C=O) groups excluding carboxylic acids is 1. The normalized spacial score (nSPS) is 11.8. The third kappa shape index (κ3) is 8.72. The number of fused-ring (bicyclic) bond motifs is 1. The van der Waals surface area contributed by atoms with Gasteiger partial charge in [-0.3, -0.25) is 9.59 Å². The van der Waals surface area contributed by atoms with Crippen molar-refractivity contribution in [3.05, 3.63) is 63.0 Å². The third-order valence-corrected chi connectivity index (χ3v) is 6.74. The molecule has 0 fully saturated rings. The molecule has 0 atom stereocenters. The number of hydrogen-bond acceptors (Lipinski definition) is 6. The number of nitrogens with one attached hydrogen (secondary N) is 3. The largest absolute Gasteiger partial charge is 0.506 e. The Morgan fingerprint density at radius 2 is 1.83 bits per heavy atom. The van der Waals surface area contributed by atoms with Gasteiger partial charge in [-0.15, -0.1) is 0 Å². The lowest BCUT2D eigenvalue weighted by atomic mass is 9.96. The lowest BCUT2D eigenvalue weighted by Gasteiger charge is -2.30. The molecule has 3 aromatic rings. The van der Waals surface area contributed by atoms with E-state index in [0.717, 1.165) is 27.2 Å². The fraction of sp³-hybridized carbons (Fsp3) is 0.481. The molecule has 196 valence electrons. The zero-order valence-corrected chi connectivity index (χ0v) is 22.1. The number of H-pyrrole nitrogens is 1. The second-order valence-electron chi connectivity index (χ2n) is 10.2. The Morgan fingerprint density at radius 3 is 2.58 bits per heavy atom. The van der Waals surface area contributed by atoms with Crippen molar-refractivity contribution in [2.24, 2.45) is 5.41 Å². The van der Waals surface area contributed by atoms with Crippen LogP contribution in [0.5, 0.6) is 5.75 Å². The highest BCUT2D eigenvalue weighted by Crippen LogP contribution is 2.27. The molecule has 36 heavy (non-hydrogen) atoms. The zero-order valence-electron chi connectivity index (χ0n) is 21.3. The van der Waals surface area contributed by atoms with E-state index in [1.54, 1.807) is 12.1 Å². The number of amides is 1. The molecule has 0 aliphatic rings. The molecular formula is C27H37FN4O3S. The summed E-state index contributed by atoms with van der Waals surface area (Å²) in [5, 5.41) is 16.6. The number of hydrogen-bond donors (Lipinski definition) is 4. The highest BCUT2D eigenvalue weighted by molar-refractivity contribution is 7.16. The van der Waals surface area contributed by atoms with Gasteiger partial charge in [0.2, 0.25) is 5.91 Å². The number of halogens is 1. The quantitative estimate of drug-likeness (QED) is 0.260. The first-order valence-corrected chi connectivity index (χ1v) is 13.2. The Morgan fingerprint density at radius 1 is 1.08 bits per heavy atom. The lowest BCUT2D eigenvalue weighted by Crippen LogP contribution is -2.42. The molecule has 2 aromatic carbocycles. The Balaban J connectivity index is 1.42. The van der Waals surface area contributed by atoms with E-state index in [-0.39, 0.29) is 27.8 Å². The molecule has 1 aromatic heterocycles. The smallest absolute Gasteiger partial charge is 0.305 e. The highest BCUT2D eigenvalue weighted by Gasteiger charge is 2.20. The second kappa shape index (κ2) is 13.0. The summed E-state index contributed by atoms with van der Waals surface area (Å²) in [6.45, 7) is 10.3. The van der Waals surface area contributed by atoms with Crippen LogP contribution in [0.2, 0.25) is 0 Å². The fourth-order valence-corrected chi connectivity index (χ4v) is 5.00. The van der Waals surface area contributed by atoms with Crippen molar-refractivity contribution in [2.45, 2.75) is 40.0 Å². The van der Waals surface area contributed by atoms with Crippen LogP contribution < -0.4 is 15.5 Å². The number of carbonyl (C=O) groups is 1. The van der Waals surface area contributed by atoms with Crippen LogP contribution in [-0.4, -0.2) is 60.2 Å². The van der Waals surface area contributed by atoms with E-state index >= 15 is 0 Å². The fourth-order valence-electron chi connectivity index (χ4n) is 4.10. The van der Waals surface area contributed by atoms with Crippen LogP contribution in [0.15, 0.2) is 41.2 Å². The average Bonchev–Trinajstić information content (AvgIpc) is 3.21. The van der Waals surface area contributed by atoms with E-state index in [1.807, 2.05) is 17.0 Å². The van der Waals surface area contributed by atoms with Gasteiger partial charge in [0.05, 0.1) is 4.70 Å². The van der Waals surface area contributed by atoms with Crippen LogP contribution in [-0.2, 0) is 17.6 Å². The maximum Gasteiger partial charge on any atom is 0.305 e. The molecule has 7 nitrogen and oxygen atoms in total. The Hall–Kier alpha value is -2.75. The first-order chi connectivity index (χ1) is 17.1. The molecular weight excluding hydrogens is 479 g/mol. The minimum Gasteiger partial charge on any atom is -0.506 e. The Labute approximate surface area is 215 Å². The number of benzene rings is 2. The summed E-state index contributed by atoms with van der Waals surface area (Å²) in [5.74, 6) is -0.0331. The van der Waals surface area contributed by atoms with Crippen molar-refractivity contribution in [3.63, 3.8) is 0 Å². The van der Waals surface area contributed by atoms with Crippen molar-refractivity contribution >= 4 is 27.5 Å². The predicted molar refractivity (Wildman–Crippen MR) is 144 cm³/mol. The minimum atomic E-state index is -0.230. The number of rotatable bonds is 13. The molecule has 1 heterocycles. The molecule has 0 aliphatic carbocycles. The van der Waals surface area contributed by atoms with Crippen molar-refractivity contribution in [1.82, 2.24) is 20.5 Å². The summed E-state index contributed by atoms with van der Waals surface area (Å²) < 4.78 is 14.1. The summed E-state index contributed by atoms with van der Waals surface area (Å²) >= 11 is 1.11. The highest BCUT2D eigenvalue weighted by atomic mass is 32.1. The lowest BCUT2D eigenvalue weighted by molar-refractivity contribution is -0.132. The van der Waals surface area contributed by atoms with E-state index in [4.69, 9.17) is 0 Å². The number of nitrogens with zero attached hydrogens (tertiary/aromatic N) is 1. The van der Waals surface area contributed by atoms with Crippen molar-refractivity contribution < 1.29 is 14.3 Å². The van der Waals surface area contributed by atoms with Crippen LogP contribution in [0.3, 0.4) is 0 Å². The molecule has 0 saturated carbocycles. The van der Waals surface area contributed by atoms with Gasteiger partial charge in [0.15, 0.2) is 0 Å². The first kappa shape index (κ1) is 27.8. The number of phenolic OH excluding ortho intramolecular Hbond substituents is 1. The number of phenols is 1. The van der Waals surface area contributed by atoms with Crippen LogP contribution >= 0.6 is 11.3 Å². The SMILES string of the molecule is CC(C)(C)CN(CCNCCc1ccc(O)c2[nH]c(=O)sc12)C(=O)CCNCCc1cccc(F)c1. The van der Waals surface area contributed by atoms with Crippen LogP contribution in [0.1, 0.15) is 38.3 Å². The summed E-state index contributed by atoms with van der Waals surface area (Å²) in [7, 11) is 0. The molecule has 0 spiro atoms. The molecule has 4 N–H and O–H groups in total. The summed E-state index contributed by atoms with van der Waals surface area (Å²) in [6, 6.07) is 10.0. The summed E-state index contributed by atoms with van der Waals surface area (Å²) in [4.78, 5) is 29.0. The van der Waals surface area contributed by atoms with Gasteiger partial charge in [0, 0.05) is 32.6 Å². The van der Waals surface area contributed by atoms with Gasteiger partial charge < -0.3 is 25.6 Å². The second-order valence-corrected chi connectivity index (χ2v) is 11.2. The maximum atomic E-state index is 13.3. The number of aromatic hydroxyl groups is 1. The van der Waals surface area contributed by atoms with E-state index in [2.05, 4.69) is 36.4 Å². The number of aromatic amines is 1. The van der Waals surface area contributed by atoms with Crippen LogP contribution in [0.25, 0.3) is 10.2 Å². The van der Waals surface area contributed by atoms with Gasteiger partial charge in [-0.25, -0.2) is 4.39 Å². The van der Waals surface area contributed by atoms with Crippen molar-refractivity contribution in [3.8, 4) is 5.75 Å². The summed E-state index contributed by atoms with van der Waals surface area (Å²) in [6.07, 6.45) is 1.85. The molecule has 0 radical (unpaired) electrons.